The predicted molar refractivity (Wildman–Crippen MR) is 73.6 cm³/mol. The van der Waals surface area contributed by atoms with Crippen LogP contribution in [0, 0.1) is 11.9 Å². The van der Waals surface area contributed by atoms with Crippen molar-refractivity contribution in [2.75, 3.05) is 17.7 Å². The van der Waals surface area contributed by atoms with Crippen molar-refractivity contribution in [3.8, 4) is 0 Å². The fourth-order valence-corrected chi connectivity index (χ4v) is 2.53. The van der Waals surface area contributed by atoms with Crippen LogP contribution in [-0.2, 0) is 4.79 Å². The van der Waals surface area contributed by atoms with Crippen molar-refractivity contribution in [1.82, 2.24) is 4.98 Å². The van der Waals surface area contributed by atoms with Gasteiger partial charge in [-0.2, -0.15) is 4.39 Å². The number of aromatic nitrogens is 1. The predicted octanol–water partition coefficient (Wildman–Crippen LogP) is 3.17. The maximum Gasteiger partial charge on any atom is 0.236 e. The number of hydrogen-bond acceptors (Lipinski definition) is 3. The van der Waals surface area contributed by atoms with Crippen molar-refractivity contribution in [2.45, 2.75) is 38.5 Å². The van der Waals surface area contributed by atoms with Crippen LogP contribution in [-0.4, -0.2) is 17.9 Å². The summed E-state index contributed by atoms with van der Waals surface area (Å²) >= 11 is 0. The van der Waals surface area contributed by atoms with Gasteiger partial charge in [0.05, 0.1) is 17.6 Å². The van der Waals surface area contributed by atoms with E-state index in [0.717, 1.165) is 12.8 Å². The summed E-state index contributed by atoms with van der Waals surface area (Å²) in [4.78, 5) is 15.5. The van der Waals surface area contributed by atoms with Crippen LogP contribution in [0.3, 0.4) is 0 Å². The fraction of sp³-hybridized carbons (Fsp3) is 0.571. The molecule has 0 saturated heterocycles. The molecular formula is C14H20FN3O. The van der Waals surface area contributed by atoms with Crippen molar-refractivity contribution in [2.24, 2.45) is 5.92 Å². The number of hydrogen-bond donors (Lipinski definition) is 2. The zero-order valence-corrected chi connectivity index (χ0v) is 11.2. The van der Waals surface area contributed by atoms with Crippen LogP contribution in [0.15, 0.2) is 12.3 Å². The average molecular weight is 265 g/mol. The minimum absolute atomic E-state index is 0.124. The van der Waals surface area contributed by atoms with Crippen LogP contribution in [0.5, 0.6) is 0 Å². The second kappa shape index (κ2) is 6.50. The van der Waals surface area contributed by atoms with E-state index in [9.17, 15) is 9.18 Å². The smallest absolute Gasteiger partial charge is 0.236 e. The molecule has 0 bridgehead atoms. The third-order valence-electron chi connectivity index (χ3n) is 3.60. The first kappa shape index (κ1) is 13.8. The van der Waals surface area contributed by atoms with Gasteiger partial charge in [-0.3, -0.25) is 4.79 Å². The number of halogens is 1. The van der Waals surface area contributed by atoms with E-state index in [2.05, 4.69) is 15.6 Å². The van der Waals surface area contributed by atoms with Crippen LogP contribution < -0.4 is 10.6 Å². The molecule has 2 N–H and O–H groups in total. The highest BCUT2D eigenvalue weighted by molar-refractivity contribution is 5.91. The number of carbonyl (C=O) groups is 1. The highest BCUT2D eigenvalue weighted by atomic mass is 19.1. The maximum atomic E-state index is 13.5. The lowest BCUT2D eigenvalue weighted by Crippen LogP contribution is -2.19. The lowest BCUT2D eigenvalue weighted by molar-refractivity contribution is -0.117. The maximum absolute atomic E-state index is 13.5. The van der Waals surface area contributed by atoms with Gasteiger partial charge in [-0.25, -0.2) is 4.98 Å². The molecule has 0 unspecified atom stereocenters. The molecule has 1 aromatic rings. The highest BCUT2D eigenvalue weighted by Crippen LogP contribution is 2.27. The van der Waals surface area contributed by atoms with E-state index in [-0.39, 0.29) is 11.6 Å². The van der Waals surface area contributed by atoms with Crippen LogP contribution in [0.2, 0.25) is 0 Å². The van der Waals surface area contributed by atoms with Gasteiger partial charge in [-0.15, -0.1) is 0 Å². The van der Waals surface area contributed by atoms with Crippen LogP contribution in [0.1, 0.15) is 38.5 Å². The van der Waals surface area contributed by atoms with E-state index >= 15 is 0 Å². The lowest BCUT2D eigenvalue weighted by atomic mass is 9.87. The molecule has 2 rings (SSSR count). The van der Waals surface area contributed by atoms with Gasteiger partial charge in [-0.1, -0.05) is 19.3 Å². The van der Waals surface area contributed by atoms with Gasteiger partial charge < -0.3 is 10.6 Å². The Balaban J connectivity index is 1.94. The van der Waals surface area contributed by atoms with Gasteiger partial charge >= 0.3 is 0 Å². The topological polar surface area (TPSA) is 54.0 Å². The van der Waals surface area contributed by atoms with Crippen molar-refractivity contribution in [3.05, 3.63) is 18.2 Å². The Morgan fingerprint density at radius 3 is 2.84 bits per heavy atom. The summed E-state index contributed by atoms with van der Waals surface area (Å²) in [5, 5.41) is 5.48. The molecule has 0 aliphatic heterocycles. The Kier molecular flexibility index (Phi) is 4.71. The first-order valence-corrected chi connectivity index (χ1v) is 6.82. The van der Waals surface area contributed by atoms with Gasteiger partial charge in [0.1, 0.15) is 0 Å². The fourth-order valence-electron chi connectivity index (χ4n) is 2.53. The van der Waals surface area contributed by atoms with E-state index < -0.39 is 5.95 Å². The number of rotatable bonds is 4. The SMILES string of the molecule is CNc1cnc(F)c(NC(=O)CC2CCCCC2)c1. The van der Waals surface area contributed by atoms with Gasteiger partial charge in [0.15, 0.2) is 0 Å². The second-order valence-corrected chi connectivity index (χ2v) is 5.07. The largest absolute Gasteiger partial charge is 0.387 e. The summed E-state index contributed by atoms with van der Waals surface area (Å²) in [6.45, 7) is 0. The van der Waals surface area contributed by atoms with Crippen LogP contribution in [0.25, 0.3) is 0 Å². The molecule has 104 valence electrons. The monoisotopic (exact) mass is 265 g/mol. The van der Waals surface area contributed by atoms with Crippen molar-refractivity contribution >= 4 is 17.3 Å². The minimum atomic E-state index is -0.643. The zero-order valence-electron chi connectivity index (χ0n) is 11.2. The number of nitrogens with zero attached hydrogens (tertiary/aromatic N) is 1. The molecule has 1 amide bonds. The van der Waals surface area contributed by atoms with Crippen molar-refractivity contribution in [3.63, 3.8) is 0 Å². The molecule has 1 aromatic heterocycles. The lowest BCUT2D eigenvalue weighted by Gasteiger charge is -2.20. The van der Waals surface area contributed by atoms with Crippen molar-refractivity contribution in [1.29, 1.82) is 0 Å². The first-order valence-electron chi connectivity index (χ1n) is 6.82. The summed E-state index contributed by atoms with van der Waals surface area (Å²) in [5.41, 5.74) is 0.821. The van der Waals surface area contributed by atoms with Gasteiger partial charge in [0.2, 0.25) is 11.9 Å². The molecule has 0 aromatic carbocycles. The molecule has 0 radical (unpaired) electrons. The molecule has 0 spiro atoms. The number of carbonyl (C=O) groups excluding carboxylic acids is 1. The van der Waals surface area contributed by atoms with Gasteiger partial charge in [0, 0.05) is 13.5 Å². The first-order chi connectivity index (χ1) is 9.19. The molecule has 19 heavy (non-hydrogen) atoms. The Hall–Kier alpha value is -1.65. The molecular weight excluding hydrogens is 245 g/mol. The van der Waals surface area contributed by atoms with Crippen LogP contribution in [0.4, 0.5) is 15.8 Å². The normalized spacial score (nSPS) is 16.1. The number of amides is 1. The van der Waals surface area contributed by atoms with E-state index in [0.29, 0.717) is 18.0 Å². The zero-order chi connectivity index (χ0) is 13.7. The van der Waals surface area contributed by atoms with E-state index in [1.165, 1.54) is 25.5 Å². The summed E-state index contributed by atoms with van der Waals surface area (Å²) in [6, 6.07) is 1.56. The Morgan fingerprint density at radius 1 is 1.42 bits per heavy atom. The number of nitrogens with one attached hydrogen (secondary N) is 2. The summed E-state index contributed by atoms with van der Waals surface area (Å²) in [7, 11) is 1.72. The quantitative estimate of drug-likeness (QED) is 0.822. The van der Waals surface area contributed by atoms with Gasteiger partial charge in [-0.05, 0) is 24.8 Å². The van der Waals surface area contributed by atoms with E-state index in [1.807, 2.05) is 0 Å². The molecule has 1 saturated carbocycles. The Morgan fingerprint density at radius 2 is 2.16 bits per heavy atom. The summed E-state index contributed by atoms with van der Waals surface area (Å²) in [6.07, 6.45) is 7.73. The van der Waals surface area contributed by atoms with E-state index in [4.69, 9.17) is 0 Å². The number of anilines is 2. The highest BCUT2D eigenvalue weighted by Gasteiger charge is 2.18. The third-order valence-corrected chi connectivity index (χ3v) is 3.60. The van der Waals surface area contributed by atoms with E-state index in [1.54, 1.807) is 13.1 Å². The third kappa shape index (κ3) is 3.91. The Bertz CT molecular complexity index is 444. The van der Waals surface area contributed by atoms with Gasteiger partial charge in [0.25, 0.3) is 0 Å². The molecule has 1 aliphatic rings. The number of pyridine rings is 1. The minimum Gasteiger partial charge on any atom is -0.387 e. The van der Waals surface area contributed by atoms with Crippen molar-refractivity contribution < 1.29 is 9.18 Å². The summed E-state index contributed by atoms with van der Waals surface area (Å²) < 4.78 is 13.5. The summed E-state index contributed by atoms with van der Waals surface area (Å²) in [5.74, 6) is -0.325. The molecule has 1 aliphatic carbocycles. The van der Waals surface area contributed by atoms with Crippen LogP contribution >= 0.6 is 0 Å². The average Bonchev–Trinajstić information content (AvgIpc) is 2.42. The standard InChI is InChI=1S/C14H20FN3O/c1-16-11-8-12(14(15)17-9-11)18-13(19)7-10-5-3-2-4-6-10/h8-10,16H,2-7H2,1H3,(H,18,19). The molecule has 4 nitrogen and oxygen atoms in total. The molecule has 1 heterocycles. The molecule has 5 heteroatoms. The second-order valence-electron chi connectivity index (χ2n) is 5.07. The molecule has 1 fully saturated rings. The molecule has 0 atom stereocenters. The Labute approximate surface area is 112 Å².